The minimum Gasteiger partial charge on any atom is -0.343 e. The monoisotopic (exact) mass is 413 g/mol. The largest absolute Gasteiger partial charge is 0.343 e. The van der Waals surface area contributed by atoms with Gasteiger partial charge in [0.15, 0.2) is 0 Å². The maximum Gasteiger partial charge on any atom is 0.251 e. The summed E-state index contributed by atoms with van der Waals surface area (Å²) < 4.78 is 0. The Labute approximate surface area is 175 Å². The smallest absolute Gasteiger partial charge is 0.251 e. The van der Waals surface area contributed by atoms with Crippen molar-refractivity contribution in [2.75, 3.05) is 24.5 Å². The van der Waals surface area contributed by atoms with E-state index in [1.165, 1.54) is 0 Å². The van der Waals surface area contributed by atoms with Gasteiger partial charge in [-0.1, -0.05) is 29.8 Å². The number of amides is 3. The fraction of sp³-hybridized carbons (Fsp3) is 0.318. The molecule has 1 fully saturated rings. The van der Waals surface area contributed by atoms with Crippen molar-refractivity contribution in [1.82, 2.24) is 10.2 Å². The predicted octanol–water partition coefficient (Wildman–Crippen LogP) is 3.25. The number of halogens is 1. The van der Waals surface area contributed by atoms with Gasteiger partial charge < -0.3 is 15.1 Å². The minimum absolute atomic E-state index is 0.0938. The number of nitrogens with zero attached hydrogens (tertiary/aromatic N) is 2. The number of benzene rings is 2. The third-order valence-electron chi connectivity index (χ3n) is 4.97. The number of anilines is 1. The van der Waals surface area contributed by atoms with Crippen LogP contribution in [0.3, 0.4) is 0 Å². The number of rotatable bonds is 7. The molecule has 0 aromatic heterocycles. The van der Waals surface area contributed by atoms with Crippen molar-refractivity contribution in [3.63, 3.8) is 0 Å². The second-order valence-corrected chi connectivity index (χ2v) is 7.29. The molecule has 2 aromatic carbocycles. The molecule has 6 nitrogen and oxygen atoms in total. The van der Waals surface area contributed by atoms with E-state index in [9.17, 15) is 14.4 Å². The van der Waals surface area contributed by atoms with Gasteiger partial charge in [0.2, 0.25) is 11.8 Å². The number of hydrogen-bond donors (Lipinski definition) is 1. The third-order valence-corrected chi connectivity index (χ3v) is 5.34. The Bertz CT molecular complexity index is 898. The molecule has 0 saturated carbocycles. The molecule has 2 aromatic rings. The summed E-state index contributed by atoms with van der Waals surface area (Å²) in [6.07, 6.45) is 1.41. The first kappa shape index (κ1) is 20.9. The molecule has 0 bridgehead atoms. The van der Waals surface area contributed by atoms with Gasteiger partial charge in [-0.15, -0.1) is 0 Å². The molecule has 29 heavy (non-hydrogen) atoms. The average Bonchev–Trinajstić information content (AvgIpc) is 3.17. The summed E-state index contributed by atoms with van der Waals surface area (Å²) >= 11 is 6.17. The SMILES string of the molecule is CCN(Cc1ccccc1Cl)C(=O)CNC(=O)c1ccc(N2CCCC2=O)cc1. The summed E-state index contributed by atoms with van der Waals surface area (Å²) in [6, 6.07) is 14.2. The van der Waals surface area contributed by atoms with Gasteiger partial charge in [-0.05, 0) is 49.2 Å². The highest BCUT2D eigenvalue weighted by Gasteiger charge is 2.22. The maximum atomic E-state index is 12.5. The Balaban J connectivity index is 1.55. The lowest BCUT2D eigenvalue weighted by Crippen LogP contribution is -2.39. The average molecular weight is 414 g/mol. The second kappa shape index (κ2) is 9.56. The third kappa shape index (κ3) is 5.15. The van der Waals surface area contributed by atoms with E-state index in [0.29, 0.717) is 36.6 Å². The van der Waals surface area contributed by atoms with Crippen molar-refractivity contribution in [3.8, 4) is 0 Å². The van der Waals surface area contributed by atoms with E-state index >= 15 is 0 Å². The number of nitrogens with one attached hydrogen (secondary N) is 1. The molecule has 0 radical (unpaired) electrons. The van der Waals surface area contributed by atoms with Crippen molar-refractivity contribution in [3.05, 3.63) is 64.7 Å². The van der Waals surface area contributed by atoms with Crippen molar-refractivity contribution < 1.29 is 14.4 Å². The Morgan fingerprint density at radius 2 is 1.86 bits per heavy atom. The maximum absolute atomic E-state index is 12.5. The van der Waals surface area contributed by atoms with Crippen LogP contribution in [0.15, 0.2) is 48.5 Å². The zero-order chi connectivity index (χ0) is 20.8. The molecule has 7 heteroatoms. The van der Waals surface area contributed by atoms with Gasteiger partial charge in [0.25, 0.3) is 5.91 Å². The zero-order valence-corrected chi connectivity index (χ0v) is 17.1. The van der Waals surface area contributed by atoms with E-state index in [1.807, 2.05) is 25.1 Å². The summed E-state index contributed by atoms with van der Waals surface area (Å²) in [4.78, 5) is 40.1. The molecule has 1 saturated heterocycles. The predicted molar refractivity (Wildman–Crippen MR) is 113 cm³/mol. The van der Waals surface area contributed by atoms with E-state index in [-0.39, 0.29) is 24.3 Å². The lowest BCUT2D eigenvalue weighted by atomic mass is 10.2. The van der Waals surface area contributed by atoms with E-state index < -0.39 is 0 Å². The van der Waals surface area contributed by atoms with Crippen molar-refractivity contribution in [2.45, 2.75) is 26.3 Å². The minimum atomic E-state index is -0.327. The number of hydrogen-bond acceptors (Lipinski definition) is 3. The highest BCUT2D eigenvalue weighted by Crippen LogP contribution is 2.21. The molecule has 1 aliphatic rings. The van der Waals surface area contributed by atoms with E-state index in [2.05, 4.69) is 5.32 Å². The van der Waals surface area contributed by atoms with Crippen LogP contribution in [0, 0.1) is 0 Å². The van der Waals surface area contributed by atoms with Crippen LogP contribution in [-0.2, 0) is 16.1 Å². The highest BCUT2D eigenvalue weighted by molar-refractivity contribution is 6.31. The van der Waals surface area contributed by atoms with E-state index in [0.717, 1.165) is 17.7 Å². The van der Waals surface area contributed by atoms with Crippen molar-refractivity contribution in [1.29, 1.82) is 0 Å². The van der Waals surface area contributed by atoms with Crippen LogP contribution < -0.4 is 10.2 Å². The lowest BCUT2D eigenvalue weighted by Gasteiger charge is -2.22. The summed E-state index contributed by atoms with van der Waals surface area (Å²) in [5.74, 6) is -0.405. The van der Waals surface area contributed by atoms with E-state index in [1.54, 1.807) is 40.1 Å². The normalized spacial score (nSPS) is 13.4. The molecule has 1 N–H and O–H groups in total. The standard InChI is InChI=1S/C22H24ClN3O3/c1-2-25(15-17-6-3-4-7-19(17)23)21(28)14-24-22(29)16-9-11-18(12-10-16)26-13-5-8-20(26)27/h3-4,6-7,9-12H,2,5,8,13-15H2,1H3,(H,24,29). The first-order chi connectivity index (χ1) is 14.0. The number of carbonyl (C=O) groups excluding carboxylic acids is 3. The summed E-state index contributed by atoms with van der Waals surface area (Å²) in [5.41, 5.74) is 2.10. The Kier molecular flexibility index (Phi) is 6.88. The first-order valence-corrected chi connectivity index (χ1v) is 10.1. The van der Waals surface area contributed by atoms with Crippen molar-refractivity contribution in [2.24, 2.45) is 0 Å². The summed E-state index contributed by atoms with van der Waals surface area (Å²) in [5, 5.41) is 3.28. The lowest BCUT2D eigenvalue weighted by molar-refractivity contribution is -0.130. The molecule has 1 heterocycles. The Morgan fingerprint density at radius 1 is 1.14 bits per heavy atom. The highest BCUT2D eigenvalue weighted by atomic mass is 35.5. The molecule has 3 rings (SSSR count). The van der Waals surface area contributed by atoms with Gasteiger partial charge >= 0.3 is 0 Å². The van der Waals surface area contributed by atoms with Crippen LogP contribution in [0.5, 0.6) is 0 Å². The topological polar surface area (TPSA) is 69.7 Å². The number of likely N-dealkylation sites (N-methyl/N-ethyl adjacent to an activating group) is 1. The van der Waals surface area contributed by atoms with Gasteiger partial charge in [-0.2, -0.15) is 0 Å². The second-order valence-electron chi connectivity index (χ2n) is 6.88. The van der Waals surface area contributed by atoms with Gasteiger partial charge in [-0.25, -0.2) is 0 Å². The van der Waals surface area contributed by atoms with Crippen LogP contribution >= 0.6 is 11.6 Å². The molecule has 152 valence electrons. The molecule has 1 aliphatic heterocycles. The van der Waals surface area contributed by atoms with Gasteiger partial charge in [-0.3, -0.25) is 14.4 Å². The fourth-order valence-corrected chi connectivity index (χ4v) is 3.49. The van der Waals surface area contributed by atoms with Gasteiger partial charge in [0.05, 0.1) is 6.54 Å². The molecular weight excluding hydrogens is 390 g/mol. The van der Waals surface area contributed by atoms with Crippen LogP contribution in [0.4, 0.5) is 5.69 Å². The van der Waals surface area contributed by atoms with Crippen LogP contribution in [0.25, 0.3) is 0 Å². The Morgan fingerprint density at radius 3 is 2.48 bits per heavy atom. The zero-order valence-electron chi connectivity index (χ0n) is 16.4. The Hall–Kier alpha value is -2.86. The molecular formula is C22H24ClN3O3. The summed E-state index contributed by atoms with van der Waals surface area (Å²) in [6.45, 7) is 3.40. The van der Waals surface area contributed by atoms with Crippen LogP contribution in [-0.4, -0.2) is 42.3 Å². The van der Waals surface area contributed by atoms with Crippen molar-refractivity contribution >= 4 is 35.0 Å². The van der Waals surface area contributed by atoms with Crippen LogP contribution in [0.2, 0.25) is 5.02 Å². The fourth-order valence-electron chi connectivity index (χ4n) is 3.29. The van der Waals surface area contributed by atoms with Crippen LogP contribution in [0.1, 0.15) is 35.7 Å². The molecule has 0 atom stereocenters. The van der Waals surface area contributed by atoms with Gasteiger partial charge in [0.1, 0.15) is 0 Å². The molecule has 3 amide bonds. The first-order valence-electron chi connectivity index (χ1n) is 9.69. The molecule has 0 unspecified atom stereocenters. The molecule has 0 spiro atoms. The van der Waals surface area contributed by atoms with Gasteiger partial charge in [0, 0.05) is 42.3 Å². The number of carbonyl (C=O) groups is 3. The quantitative estimate of drug-likeness (QED) is 0.757. The molecule has 0 aliphatic carbocycles. The summed E-state index contributed by atoms with van der Waals surface area (Å²) in [7, 11) is 0. The van der Waals surface area contributed by atoms with E-state index in [4.69, 9.17) is 11.6 Å².